The first-order chi connectivity index (χ1) is 14.6. The zero-order chi connectivity index (χ0) is 21.5. The van der Waals surface area contributed by atoms with Crippen LogP contribution in [0.3, 0.4) is 0 Å². The quantitative estimate of drug-likeness (QED) is 0.657. The molecule has 0 aliphatic carbocycles. The Labute approximate surface area is 176 Å². The van der Waals surface area contributed by atoms with Crippen molar-refractivity contribution >= 4 is 18.3 Å². The first-order valence-electron chi connectivity index (χ1n) is 10.2. The van der Waals surface area contributed by atoms with E-state index < -0.39 is 0 Å². The lowest BCUT2D eigenvalue weighted by Crippen LogP contribution is -2.47. The number of phenols is 1. The first kappa shape index (κ1) is 21.4. The molecule has 6 heteroatoms. The summed E-state index contributed by atoms with van der Waals surface area (Å²) in [6, 6.07) is 9.99. The lowest BCUT2D eigenvalue weighted by Gasteiger charge is -2.36. The van der Waals surface area contributed by atoms with Gasteiger partial charge in [-0.25, -0.2) is 0 Å². The highest BCUT2D eigenvalue weighted by molar-refractivity contribution is 6.03. The van der Waals surface area contributed by atoms with E-state index in [0.29, 0.717) is 42.1 Å². The number of carbonyl (C=O) groups is 2. The second kappa shape index (κ2) is 9.96. The maximum Gasteiger partial charge on any atom is 0.255 e. The van der Waals surface area contributed by atoms with Crippen molar-refractivity contribution in [3.63, 3.8) is 0 Å². The fourth-order valence-electron chi connectivity index (χ4n) is 3.78. The van der Waals surface area contributed by atoms with Crippen LogP contribution >= 0.6 is 0 Å². The largest absolute Gasteiger partial charge is 0.507 e. The van der Waals surface area contributed by atoms with E-state index in [9.17, 15) is 14.7 Å². The van der Waals surface area contributed by atoms with Crippen LogP contribution in [-0.4, -0.2) is 48.0 Å². The molecule has 1 atom stereocenters. The molecule has 1 N–H and O–H groups in total. The normalized spacial score (nSPS) is 16.0. The van der Waals surface area contributed by atoms with Crippen LogP contribution < -0.4 is 9.47 Å². The maximum atomic E-state index is 13.3. The molecule has 1 amide bonds. The zero-order valence-electron chi connectivity index (χ0n) is 17.2. The van der Waals surface area contributed by atoms with Crippen LogP contribution in [0, 0.1) is 0 Å². The maximum absolute atomic E-state index is 13.3. The Balaban J connectivity index is 1.82. The van der Waals surface area contributed by atoms with Gasteiger partial charge in [-0.3, -0.25) is 9.59 Å². The highest BCUT2D eigenvalue weighted by atomic mass is 16.5. The molecule has 2 aromatic rings. The van der Waals surface area contributed by atoms with Crippen molar-refractivity contribution in [2.24, 2.45) is 0 Å². The molecule has 1 saturated heterocycles. The number of nitrogens with zero attached hydrogens (tertiary/aromatic N) is 1. The summed E-state index contributed by atoms with van der Waals surface area (Å²) in [6.45, 7) is 6.85. The summed E-state index contributed by atoms with van der Waals surface area (Å²) in [6.07, 6.45) is 4.91. The monoisotopic (exact) mass is 409 g/mol. The fraction of sp³-hybridized carbons (Fsp3) is 0.333. The summed E-state index contributed by atoms with van der Waals surface area (Å²) in [5.41, 5.74) is 1.14. The molecule has 0 unspecified atom stereocenters. The summed E-state index contributed by atoms with van der Waals surface area (Å²) < 4.78 is 11.5. The molecule has 0 aromatic heterocycles. The molecule has 0 radical (unpaired) electrons. The van der Waals surface area contributed by atoms with Gasteiger partial charge in [0.25, 0.3) is 5.91 Å². The van der Waals surface area contributed by atoms with Crippen molar-refractivity contribution in [1.29, 1.82) is 0 Å². The summed E-state index contributed by atoms with van der Waals surface area (Å²) >= 11 is 0. The van der Waals surface area contributed by atoms with Crippen LogP contribution in [0.1, 0.15) is 52.5 Å². The number of aldehydes is 1. The number of phenolic OH excluding ortho intramolecular Hbond substituents is 1. The van der Waals surface area contributed by atoms with Gasteiger partial charge in [0.05, 0.1) is 29.3 Å². The fourth-order valence-corrected chi connectivity index (χ4v) is 3.78. The molecule has 1 aliphatic rings. The first-order valence-corrected chi connectivity index (χ1v) is 10.2. The van der Waals surface area contributed by atoms with E-state index >= 15 is 0 Å². The molecule has 1 heterocycles. The van der Waals surface area contributed by atoms with E-state index in [1.165, 1.54) is 0 Å². The van der Waals surface area contributed by atoms with Crippen molar-refractivity contribution in [3.8, 4) is 17.2 Å². The van der Waals surface area contributed by atoms with Gasteiger partial charge in [-0.1, -0.05) is 24.8 Å². The number of amides is 1. The predicted molar refractivity (Wildman–Crippen MR) is 115 cm³/mol. The van der Waals surface area contributed by atoms with Gasteiger partial charge in [-0.15, -0.1) is 0 Å². The molecule has 2 aromatic carbocycles. The molecule has 158 valence electrons. The smallest absolute Gasteiger partial charge is 0.255 e. The van der Waals surface area contributed by atoms with Crippen LogP contribution in [0.5, 0.6) is 17.2 Å². The van der Waals surface area contributed by atoms with Gasteiger partial charge in [-0.2, -0.15) is 0 Å². The number of ether oxygens (including phenoxy) is 2. The Bertz CT molecular complexity index is 924. The van der Waals surface area contributed by atoms with Crippen LogP contribution in [0.2, 0.25) is 0 Å². The summed E-state index contributed by atoms with van der Waals surface area (Å²) in [7, 11) is 0. The van der Waals surface area contributed by atoms with Gasteiger partial charge in [-0.05, 0) is 50.5 Å². The predicted octanol–water partition coefficient (Wildman–Crippen LogP) is 4.32. The summed E-state index contributed by atoms with van der Waals surface area (Å²) in [4.78, 5) is 26.8. The van der Waals surface area contributed by atoms with E-state index in [0.717, 1.165) is 19.3 Å². The van der Waals surface area contributed by atoms with Crippen LogP contribution in [0.15, 0.2) is 43.0 Å². The number of benzene rings is 2. The SMILES string of the molecule is C=Cc1c(O)cccc1OC[C@H]1CCCCN1C(=O)c1cccc(OCC)c1C=O. The highest BCUT2D eigenvalue weighted by Gasteiger charge is 2.30. The lowest BCUT2D eigenvalue weighted by molar-refractivity contribution is 0.0526. The third-order valence-electron chi connectivity index (χ3n) is 5.28. The second-order valence-electron chi connectivity index (χ2n) is 7.12. The van der Waals surface area contributed by atoms with E-state index in [2.05, 4.69) is 6.58 Å². The van der Waals surface area contributed by atoms with E-state index in [-0.39, 0.29) is 29.9 Å². The molecule has 30 heavy (non-hydrogen) atoms. The Hall–Kier alpha value is -3.28. The molecule has 6 nitrogen and oxygen atoms in total. The molecule has 1 aliphatic heterocycles. The van der Waals surface area contributed by atoms with Gasteiger partial charge in [0.15, 0.2) is 6.29 Å². The average molecular weight is 409 g/mol. The Morgan fingerprint density at radius 3 is 2.60 bits per heavy atom. The number of hydrogen-bond acceptors (Lipinski definition) is 5. The van der Waals surface area contributed by atoms with Gasteiger partial charge >= 0.3 is 0 Å². The van der Waals surface area contributed by atoms with Gasteiger partial charge < -0.3 is 19.5 Å². The zero-order valence-corrected chi connectivity index (χ0v) is 17.2. The third-order valence-corrected chi connectivity index (χ3v) is 5.28. The summed E-state index contributed by atoms with van der Waals surface area (Å²) in [5, 5.41) is 9.98. The minimum atomic E-state index is -0.202. The number of likely N-dealkylation sites (tertiary alicyclic amines) is 1. The minimum Gasteiger partial charge on any atom is -0.507 e. The second-order valence-corrected chi connectivity index (χ2v) is 7.12. The Kier molecular flexibility index (Phi) is 7.12. The van der Waals surface area contributed by atoms with Gasteiger partial charge in [0, 0.05) is 6.54 Å². The molecule has 3 rings (SSSR count). The Morgan fingerprint density at radius 1 is 1.17 bits per heavy atom. The molecule has 0 bridgehead atoms. The molecule has 0 spiro atoms. The highest BCUT2D eigenvalue weighted by Crippen LogP contribution is 2.30. The Morgan fingerprint density at radius 2 is 1.90 bits per heavy atom. The van der Waals surface area contributed by atoms with E-state index in [1.54, 1.807) is 47.4 Å². The van der Waals surface area contributed by atoms with Crippen molar-refractivity contribution in [3.05, 3.63) is 59.7 Å². The average Bonchev–Trinajstić information content (AvgIpc) is 2.77. The summed E-state index contributed by atoms with van der Waals surface area (Å²) in [5.74, 6) is 0.836. The number of piperidine rings is 1. The number of hydrogen-bond donors (Lipinski definition) is 1. The van der Waals surface area contributed by atoms with Crippen molar-refractivity contribution in [2.75, 3.05) is 19.8 Å². The lowest BCUT2D eigenvalue weighted by atomic mass is 9.99. The molecule has 1 fully saturated rings. The topological polar surface area (TPSA) is 76.1 Å². The van der Waals surface area contributed by atoms with Crippen molar-refractivity contribution < 1.29 is 24.2 Å². The number of rotatable bonds is 8. The van der Waals surface area contributed by atoms with Crippen LogP contribution in [0.4, 0.5) is 0 Å². The van der Waals surface area contributed by atoms with Crippen molar-refractivity contribution in [1.82, 2.24) is 4.90 Å². The van der Waals surface area contributed by atoms with Crippen molar-refractivity contribution in [2.45, 2.75) is 32.2 Å². The third kappa shape index (κ3) is 4.48. The van der Waals surface area contributed by atoms with E-state index in [4.69, 9.17) is 9.47 Å². The number of carbonyl (C=O) groups excluding carboxylic acids is 2. The molecule has 0 saturated carbocycles. The standard InChI is InChI=1S/C24H27NO5/c1-3-18-21(27)11-8-13-22(18)30-16-17-9-5-6-14-25(17)24(28)19-10-7-12-23(29-4-2)20(19)15-26/h3,7-8,10-13,15,17,27H,1,4-6,9,14,16H2,2H3/t17-/m1/s1. The van der Waals surface area contributed by atoms with Crippen LogP contribution in [-0.2, 0) is 0 Å². The van der Waals surface area contributed by atoms with E-state index in [1.807, 2.05) is 6.92 Å². The van der Waals surface area contributed by atoms with Gasteiger partial charge in [0.2, 0.25) is 0 Å². The van der Waals surface area contributed by atoms with Gasteiger partial charge in [0.1, 0.15) is 23.9 Å². The minimum absolute atomic E-state index is 0.0995. The number of aromatic hydroxyl groups is 1. The molecular weight excluding hydrogens is 382 g/mol. The van der Waals surface area contributed by atoms with Crippen LogP contribution in [0.25, 0.3) is 6.08 Å². The molecular formula is C24H27NO5.